The van der Waals surface area contributed by atoms with E-state index in [2.05, 4.69) is 10.3 Å². The standard InChI is InChI=1S/C25H34N2O6/c1-5-19-20(22(28)31-15-16-10-7-6-8-11-16)21(27-23(29)26-19)17-12-9-13-18(14-17)32-24(30)33-25(2,3)4/h9,12-14,16,20-21H,5-8,10-11,15H2,1-4H3,(H,27,29). The van der Waals surface area contributed by atoms with E-state index in [1.54, 1.807) is 45.0 Å². The van der Waals surface area contributed by atoms with E-state index in [0.717, 1.165) is 25.7 Å². The molecule has 1 fully saturated rings. The highest BCUT2D eigenvalue weighted by molar-refractivity contribution is 6.09. The van der Waals surface area contributed by atoms with Crippen LogP contribution < -0.4 is 10.1 Å². The monoisotopic (exact) mass is 458 g/mol. The van der Waals surface area contributed by atoms with E-state index in [4.69, 9.17) is 14.2 Å². The van der Waals surface area contributed by atoms with Gasteiger partial charge in [-0.2, -0.15) is 0 Å². The van der Waals surface area contributed by atoms with E-state index in [-0.39, 0.29) is 5.75 Å². The van der Waals surface area contributed by atoms with Crippen LogP contribution in [0.3, 0.4) is 0 Å². The third kappa shape index (κ3) is 7.04. The van der Waals surface area contributed by atoms with Crippen LogP contribution in [0, 0.1) is 11.8 Å². The lowest BCUT2D eigenvalue weighted by Crippen LogP contribution is -2.45. The van der Waals surface area contributed by atoms with Crippen LogP contribution in [0.2, 0.25) is 0 Å². The Morgan fingerprint density at radius 1 is 1.15 bits per heavy atom. The Bertz CT molecular complexity index is 898. The van der Waals surface area contributed by atoms with Gasteiger partial charge in [0.25, 0.3) is 0 Å². The fourth-order valence-corrected chi connectivity index (χ4v) is 4.27. The van der Waals surface area contributed by atoms with Gasteiger partial charge in [-0.05, 0) is 63.6 Å². The van der Waals surface area contributed by atoms with Crippen molar-refractivity contribution in [2.75, 3.05) is 6.61 Å². The van der Waals surface area contributed by atoms with Gasteiger partial charge in [-0.15, -0.1) is 0 Å². The number of urea groups is 1. The van der Waals surface area contributed by atoms with E-state index in [0.29, 0.717) is 30.2 Å². The number of hydrogen-bond acceptors (Lipinski definition) is 6. The third-order valence-electron chi connectivity index (χ3n) is 5.83. The van der Waals surface area contributed by atoms with Gasteiger partial charge >= 0.3 is 18.2 Å². The molecule has 1 heterocycles. The molecule has 8 nitrogen and oxygen atoms in total. The Morgan fingerprint density at radius 2 is 1.88 bits per heavy atom. The van der Waals surface area contributed by atoms with Crippen LogP contribution in [0.1, 0.15) is 77.8 Å². The molecule has 8 heteroatoms. The molecular weight excluding hydrogens is 424 g/mol. The number of benzene rings is 1. The summed E-state index contributed by atoms with van der Waals surface area (Å²) in [5.74, 6) is -0.504. The minimum absolute atomic E-state index is 0.255. The summed E-state index contributed by atoms with van der Waals surface area (Å²) >= 11 is 0. The average molecular weight is 459 g/mol. The molecule has 0 spiro atoms. The number of nitrogens with zero attached hydrogens (tertiary/aromatic N) is 1. The zero-order valence-corrected chi connectivity index (χ0v) is 19.9. The molecule has 180 valence electrons. The minimum Gasteiger partial charge on any atom is -0.465 e. The van der Waals surface area contributed by atoms with Crippen molar-refractivity contribution in [3.8, 4) is 5.75 Å². The van der Waals surface area contributed by atoms with Gasteiger partial charge in [0.2, 0.25) is 0 Å². The van der Waals surface area contributed by atoms with Crippen LogP contribution in [-0.2, 0) is 14.3 Å². The topological polar surface area (TPSA) is 103 Å². The first-order valence-corrected chi connectivity index (χ1v) is 11.7. The van der Waals surface area contributed by atoms with Crippen molar-refractivity contribution in [3.63, 3.8) is 0 Å². The first-order chi connectivity index (χ1) is 15.7. The van der Waals surface area contributed by atoms with E-state index >= 15 is 0 Å². The Hall–Kier alpha value is -2.90. The molecule has 0 bridgehead atoms. The van der Waals surface area contributed by atoms with Gasteiger partial charge in [-0.3, -0.25) is 4.79 Å². The fourth-order valence-electron chi connectivity index (χ4n) is 4.27. The maximum atomic E-state index is 13.2. The van der Waals surface area contributed by atoms with Gasteiger partial charge in [0.15, 0.2) is 0 Å². The quantitative estimate of drug-likeness (QED) is 0.455. The molecule has 1 aliphatic heterocycles. The van der Waals surface area contributed by atoms with E-state index < -0.39 is 35.7 Å². The molecule has 2 amide bonds. The summed E-state index contributed by atoms with van der Waals surface area (Å²) in [4.78, 5) is 41.5. The van der Waals surface area contributed by atoms with E-state index in [1.165, 1.54) is 6.42 Å². The normalized spacial score (nSPS) is 21.6. The molecule has 1 aliphatic carbocycles. The largest absolute Gasteiger partial charge is 0.514 e. The maximum absolute atomic E-state index is 13.2. The van der Waals surface area contributed by atoms with Crippen molar-refractivity contribution in [1.29, 1.82) is 0 Å². The Labute approximate surface area is 195 Å². The molecule has 2 unspecified atom stereocenters. The van der Waals surface area contributed by atoms with Gasteiger partial charge in [-0.1, -0.05) is 38.3 Å². The second-order valence-electron chi connectivity index (χ2n) is 9.63. The molecule has 0 radical (unpaired) electrons. The lowest BCUT2D eigenvalue weighted by atomic mass is 9.86. The number of carbonyl (C=O) groups is 3. The van der Waals surface area contributed by atoms with Crippen molar-refractivity contribution in [1.82, 2.24) is 5.32 Å². The zero-order valence-electron chi connectivity index (χ0n) is 19.9. The highest BCUT2D eigenvalue weighted by Crippen LogP contribution is 2.32. The molecule has 1 saturated carbocycles. The van der Waals surface area contributed by atoms with Gasteiger partial charge in [-0.25, -0.2) is 14.6 Å². The zero-order chi connectivity index (χ0) is 24.0. The molecule has 0 saturated heterocycles. The number of hydrogen-bond donors (Lipinski definition) is 1. The number of nitrogens with one attached hydrogen (secondary N) is 1. The van der Waals surface area contributed by atoms with Crippen molar-refractivity contribution in [2.45, 2.75) is 77.9 Å². The molecular formula is C25H34N2O6. The molecule has 2 aliphatic rings. The van der Waals surface area contributed by atoms with Crippen molar-refractivity contribution >= 4 is 23.9 Å². The maximum Gasteiger partial charge on any atom is 0.514 e. The lowest BCUT2D eigenvalue weighted by Gasteiger charge is -2.31. The molecule has 1 aromatic rings. The van der Waals surface area contributed by atoms with Gasteiger partial charge in [0.1, 0.15) is 17.3 Å². The highest BCUT2D eigenvalue weighted by atomic mass is 16.7. The summed E-state index contributed by atoms with van der Waals surface area (Å²) in [6, 6.07) is 5.52. The molecule has 33 heavy (non-hydrogen) atoms. The number of rotatable bonds is 6. The summed E-state index contributed by atoms with van der Waals surface area (Å²) in [7, 11) is 0. The van der Waals surface area contributed by atoms with E-state index in [1.807, 2.05) is 6.92 Å². The Morgan fingerprint density at radius 3 is 2.55 bits per heavy atom. The van der Waals surface area contributed by atoms with Crippen molar-refractivity contribution in [3.05, 3.63) is 29.8 Å². The van der Waals surface area contributed by atoms with E-state index in [9.17, 15) is 14.4 Å². The molecule has 1 N–H and O–H groups in total. The Balaban J connectivity index is 1.78. The Kier molecular flexibility index (Phi) is 8.10. The first-order valence-electron chi connectivity index (χ1n) is 11.7. The fraction of sp³-hybridized carbons (Fsp3) is 0.600. The number of esters is 1. The summed E-state index contributed by atoms with van der Waals surface area (Å²) in [6.45, 7) is 7.49. The summed E-state index contributed by atoms with van der Waals surface area (Å²) in [6.07, 6.45) is 5.31. The van der Waals surface area contributed by atoms with Crippen LogP contribution in [0.15, 0.2) is 29.3 Å². The van der Waals surface area contributed by atoms with Crippen molar-refractivity contribution < 1.29 is 28.6 Å². The smallest absolute Gasteiger partial charge is 0.465 e. The summed E-state index contributed by atoms with van der Waals surface area (Å²) in [5.41, 5.74) is 0.409. The lowest BCUT2D eigenvalue weighted by molar-refractivity contribution is -0.148. The van der Waals surface area contributed by atoms with Gasteiger partial charge < -0.3 is 19.5 Å². The van der Waals surface area contributed by atoms with Crippen LogP contribution >= 0.6 is 0 Å². The first kappa shape index (κ1) is 24.7. The number of ether oxygens (including phenoxy) is 3. The predicted octanol–water partition coefficient (Wildman–Crippen LogP) is 5.36. The van der Waals surface area contributed by atoms with Crippen LogP contribution in [0.25, 0.3) is 0 Å². The molecule has 3 rings (SSSR count). The highest BCUT2D eigenvalue weighted by Gasteiger charge is 2.39. The summed E-state index contributed by atoms with van der Waals surface area (Å²) < 4.78 is 16.2. The predicted molar refractivity (Wildman–Crippen MR) is 123 cm³/mol. The number of amides is 2. The average Bonchev–Trinajstić information content (AvgIpc) is 2.76. The second kappa shape index (κ2) is 10.8. The van der Waals surface area contributed by atoms with Crippen molar-refractivity contribution in [2.24, 2.45) is 16.8 Å². The minimum atomic E-state index is -0.827. The van der Waals surface area contributed by atoms with Gasteiger partial charge in [0.05, 0.1) is 12.6 Å². The number of carbonyl (C=O) groups excluding carboxylic acids is 3. The third-order valence-corrected chi connectivity index (χ3v) is 5.83. The summed E-state index contributed by atoms with van der Waals surface area (Å²) in [5, 5.41) is 2.79. The van der Waals surface area contributed by atoms with Crippen LogP contribution in [0.5, 0.6) is 5.75 Å². The molecule has 2 atom stereocenters. The second-order valence-corrected chi connectivity index (χ2v) is 9.63. The molecule has 0 aromatic heterocycles. The van der Waals surface area contributed by atoms with Gasteiger partial charge in [0, 0.05) is 5.71 Å². The molecule has 1 aromatic carbocycles. The van der Waals surface area contributed by atoms with Crippen LogP contribution in [-0.4, -0.2) is 36.1 Å². The van der Waals surface area contributed by atoms with Crippen LogP contribution in [0.4, 0.5) is 9.59 Å². The number of aliphatic imine (C=N–C) groups is 1. The SMILES string of the molecule is CCC1=NC(=O)NC(c2cccc(OC(=O)OC(C)(C)C)c2)C1C(=O)OCC1CCCCC1.